The molecule has 0 saturated carbocycles. The second-order valence-electron chi connectivity index (χ2n) is 6.57. The molecule has 0 radical (unpaired) electrons. The molecule has 2 aromatic carbocycles. The van der Waals surface area contributed by atoms with Gasteiger partial charge in [-0.05, 0) is 41.4 Å². The molecule has 1 heterocycles. The van der Waals surface area contributed by atoms with Gasteiger partial charge in [-0.25, -0.2) is 0 Å². The molecular formula is C21H21N3O2S. The highest BCUT2D eigenvalue weighted by atomic mass is 32.1. The number of aliphatic imine (C=N–C) groups is 1. The van der Waals surface area contributed by atoms with Gasteiger partial charge < -0.3 is 5.11 Å². The Morgan fingerprint density at radius 1 is 1.15 bits per heavy atom. The molecule has 0 amide bonds. The van der Waals surface area contributed by atoms with Crippen LogP contribution in [-0.2, 0) is 6.54 Å². The van der Waals surface area contributed by atoms with E-state index in [1.54, 1.807) is 0 Å². The van der Waals surface area contributed by atoms with E-state index in [0.717, 1.165) is 5.56 Å². The second kappa shape index (κ2) is 8.14. The number of aromatic nitrogens is 2. The number of hydrogen-bond acceptors (Lipinski definition) is 4. The van der Waals surface area contributed by atoms with Gasteiger partial charge in [0.1, 0.15) is 5.56 Å². The highest BCUT2D eigenvalue weighted by Gasteiger charge is 2.11. The Morgan fingerprint density at radius 2 is 1.81 bits per heavy atom. The first kappa shape index (κ1) is 18.8. The first-order valence-corrected chi connectivity index (χ1v) is 9.10. The van der Waals surface area contributed by atoms with E-state index >= 15 is 0 Å². The van der Waals surface area contributed by atoms with E-state index in [1.165, 1.54) is 16.3 Å². The van der Waals surface area contributed by atoms with Crippen LogP contribution in [0.1, 0.15) is 36.5 Å². The molecule has 27 heavy (non-hydrogen) atoms. The molecule has 0 bridgehead atoms. The number of nitrogens with zero attached hydrogens (tertiary/aromatic N) is 2. The zero-order valence-electron chi connectivity index (χ0n) is 15.2. The van der Waals surface area contributed by atoms with Crippen LogP contribution in [0.5, 0.6) is 5.88 Å². The van der Waals surface area contributed by atoms with Crippen LogP contribution in [0.4, 0.5) is 5.69 Å². The summed E-state index contributed by atoms with van der Waals surface area (Å²) >= 11 is 5.20. The van der Waals surface area contributed by atoms with Crippen molar-refractivity contribution in [1.29, 1.82) is 0 Å². The molecule has 0 atom stereocenters. The average Bonchev–Trinajstić information content (AvgIpc) is 2.66. The largest absolute Gasteiger partial charge is 0.494 e. The van der Waals surface area contributed by atoms with Gasteiger partial charge in [-0.2, -0.15) is 0 Å². The van der Waals surface area contributed by atoms with Crippen LogP contribution in [0.2, 0.25) is 0 Å². The van der Waals surface area contributed by atoms with Crippen molar-refractivity contribution in [2.75, 3.05) is 0 Å². The lowest BCUT2D eigenvalue weighted by Crippen LogP contribution is -2.19. The van der Waals surface area contributed by atoms with Gasteiger partial charge >= 0.3 is 0 Å². The van der Waals surface area contributed by atoms with Gasteiger partial charge in [-0.3, -0.25) is 19.3 Å². The van der Waals surface area contributed by atoms with Gasteiger partial charge in [-0.1, -0.05) is 56.3 Å². The van der Waals surface area contributed by atoms with Crippen molar-refractivity contribution in [3.63, 3.8) is 0 Å². The quantitative estimate of drug-likeness (QED) is 0.505. The molecule has 0 aliphatic rings. The average molecular weight is 379 g/mol. The topological polar surface area (TPSA) is 70.4 Å². The molecule has 1 aromatic heterocycles. The molecule has 0 unspecified atom stereocenters. The summed E-state index contributed by atoms with van der Waals surface area (Å²) < 4.78 is 1.65. The molecule has 0 fully saturated rings. The van der Waals surface area contributed by atoms with Gasteiger partial charge in [0.15, 0.2) is 4.77 Å². The van der Waals surface area contributed by atoms with Crippen molar-refractivity contribution in [1.82, 2.24) is 9.55 Å². The number of benzene rings is 2. The van der Waals surface area contributed by atoms with Crippen LogP contribution in [0.25, 0.3) is 0 Å². The van der Waals surface area contributed by atoms with E-state index < -0.39 is 5.56 Å². The molecule has 0 aliphatic carbocycles. The second-order valence-corrected chi connectivity index (χ2v) is 6.96. The predicted octanol–water partition coefficient (Wildman–Crippen LogP) is 4.53. The maximum absolute atomic E-state index is 12.2. The molecule has 6 heteroatoms. The highest BCUT2D eigenvalue weighted by Crippen LogP contribution is 2.20. The summed E-state index contributed by atoms with van der Waals surface area (Å²) in [6.07, 6.45) is 1.37. The summed E-state index contributed by atoms with van der Waals surface area (Å²) in [7, 11) is 0. The summed E-state index contributed by atoms with van der Waals surface area (Å²) in [6, 6.07) is 17.4. The third-order valence-electron chi connectivity index (χ3n) is 4.29. The Balaban J connectivity index is 1.94. The van der Waals surface area contributed by atoms with E-state index in [9.17, 15) is 9.90 Å². The smallest absolute Gasteiger partial charge is 0.264 e. The minimum atomic E-state index is -0.468. The highest BCUT2D eigenvalue weighted by molar-refractivity contribution is 7.71. The predicted molar refractivity (Wildman–Crippen MR) is 111 cm³/mol. The summed E-state index contributed by atoms with van der Waals surface area (Å²) in [5.74, 6) is 0.238. The standard InChI is InChI=1S/C21H21N3O2S/c1-14(2)16-8-10-17(11-9-16)22-12-18-19(25)23-21(27)24(20(18)26)13-15-6-4-3-5-7-15/h3-12,14,26H,13H2,1-2H3,(H,23,25,27). The monoisotopic (exact) mass is 379 g/mol. The molecule has 3 rings (SSSR count). The fraction of sp³-hybridized carbons (Fsp3) is 0.190. The summed E-state index contributed by atoms with van der Waals surface area (Å²) in [5.41, 5.74) is 2.49. The number of rotatable bonds is 5. The zero-order chi connectivity index (χ0) is 19.4. The van der Waals surface area contributed by atoms with Crippen molar-refractivity contribution in [3.05, 3.63) is 86.4 Å². The van der Waals surface area contributed by atoms with Crippen LogP contribution < -0.4 is 5.56 Å². The lowest BCUT2D eigenvalue weighted by atomic mass is 10.0. The van der Waals surface area contributed by atoms with Gasteiger partial charge in [0, 0.05) is 6.21 Å². The Kier molecular flexibility index (Phi) is 5.66. The maximum Gasteiger partial charge on any atom is 0.264 e. The van der Waals surface area contributed by atoms with E-state index in [2.05, 4.69) is 23.8 Å². The normalized spacial score (nSPS) is 11.4. The van der Waals surface area contributed by atoms with Crippen molar-refractivity contribution in [3.8, 4) is 5.88 Å². The van der Waals surface area contributed by atoms with Crippen molar-refractivity contribution in [2.24, 2.45) is 4.99 Å². The molecule has 5 nitrogen and oxygen atoms in total. The number of aromatic amines is 1. The fourth-order valence-corrected chi connectivity index (χ4v) is 2.93. The maximum atomic E-state index is 12.2. The first-order valence-electron chi connectivity index (χ1n) is 8.69. The lowest BCUT2D eigenvalue weighted by Gasteiger charge is -2.11. The van der Waals surface area contributed by atoms with E-state index in [-0.39, 0.29) is 16.2 Å². The van der Waals surface area contributed by atoms with Crippen LogP contribution in [0.15, 0.2) is 64.4 Å². The van der Waals surface area contributed by atoms with Crippen LogP contribution in [0, 0.1) is 4.77 Å². The zero-order valence-corrected chi connectivity index (χ0v) is 16.0. The molecule has 2 N–H and O–H groups in total. The van der Waals surface area contributed by atoms with Gasteiger partial charge in [0.25, 0.3) is 5.56 Å². The molecule has 138 valence electrons. The van der Waals surface area contributed by atoms with E-state index in [0.29, 0.717) is 18.2 Å². The summed E-state index contributed by atoms with van der Waals surface area (Å²) in [6.45, 7) is 4.60. The van der Waals surface area contributed by atoms with Gasteiger partial charge in [0.05, 0.1) is 12.2 Å². The summed E-state index contributed by atoms with van der Waals surface area (Å²) in [4.78, 5) is 19.2. The van der Waals surface area contributed by atoms with Crippen LogP contribution >= 0.6 is 12.2 Å². The Hall–Kier alpha value is -2.99. The van der Waals surface area contributed by atoms with Crippen molar-refractivity contribution >= 4 is 24.1 Å². The molecule has 0 saturated heterocycles. The Morgan fingerprint density at radius 3 is 2.44 bits per heavy atom. The third-order valence-corrected chi connectivity index (χ3v) is 4.62. The molecule has 0 aliphatic heterocycles. The van der Waals surface area contributed by atoms with Gasteiger partial charge in [0.2, 0.25) is 5.88 Å². The Labute approximate surface area is 162 Å². The molecular weight excluding hydrogens is 358 g/mol. The van der Waals surface area contributed by atoms with Crippen LogP contribution in [-0.4, -0.2) is 20.9 Å². The van der Waals surface area contributed by atoms with Gasteiger partial charge in [-0.15, -0.1) is 0 Å². The minimum absolute atomic E-state index is 0.0764. The van der Waals surface area contributed by atoms with E-state index in [4.69, 9.17) is 12.2 Å². The molecule has 0 spiro atoms. The molecule has 3 aromatic rings. The number of aromatic hydroxyl groups is 1. The summed E-state index contributed by atoms with van der Waals surface area (Å²) in [5, 5.41) is 10.6. The fourth-order valence-electron chi connectivity index (χ4n) is 2.69. The SMILES string of the molecule is CC(C)c1ccc(N=Cc2c(O)n(Cc3ccccc3)c(=S)[nH]c2=O)cc1. The van der Waals surface area contributed by atoms with E-state index in [1.807, 2.05) is 54.6 Å². The third kappa shape index (κ3) is 4.41. The van der Waals surface area contributed by atoms with Crippen molar-refractivity contribution in [2.45, 2.75) is 26.3 Å². The van der Waals surface area contributed by atoms with Crippen LogP contribution in [0.3, 0.4) is 0 Å². The number of H-pyrrole nitrogens is 1. The number of hydrogen-bond donors (Lipinski definition) is 2. The number of nitrogens with one attached hydrogen (secondary N) is 1. The Bertz CT molecular complexity index is 1070. The van der Waals surface area contributed by atoms with Crippen molar-refractivity contribution < 1.29 is 5.11 Å². The lowest BCUT2D eigenvalue weighted by molar-refractivity contribution is 0.412. The first-order chi connectivity index (χ1) is 13.0. The minimum Gasteiger partial charge on any atom is -0.494 e.